The highest BCUT2D eigenvalue weighted by Gasteiger charge is 2.30. The van der Waals surface area contributed by atoms with E-state index in [1.807, 2.05) is 0 Å². The lowest BCUT2D eigenvalue weighted by Gasteiger charge is -2.33. The van der Waals surface area contributed by atoms with Crippen molar-refractivity contribution >= 4 is 0 Å². The summed E-state index contributed by atoms with van der Waals surface area (Å²) in [5, 5.41) is 7.59. The molecule has 20 heavy (non-hydrogen) atoms. The lowest BCUT2D eigenvalue weighted by Crippen LogP contribution is -2.46. The highest BCUT2D eigenvalue weighted by atomic mass is 16.5. The standard InChI is InChI=1S/C15H20N4O/c1-15(13-6-3-2-4-7-13)11-19(9-5-8-17-15)10-14-16-12-20-18-14/h2-4,6-7,12,17H,5,8-11H2,1H3. The van der Waals surface area contributed by atoms with Gasteiger partial charge in [-0.25, -0.2) is 0 Å². The van der Waals surface area contributed by atoms with Crippen LogP contribution in [0.25, 0.3) is 0 Å². The zero-order valence-electron chi connectivity index (χ0n) is 11.7. The van der Waals surface area contributed by atoms with Crippen LogP contribution in [0.2, 0.25) is 0 Å². The van der Waals surface area contributed by atoms with Gasteiger partial charge >= 0.3 is 0 Å². The van der Waals surface area contributed by atoms with Crippen LogP contribution in [-0.4, -0.2) is 34.7 Å². The molecule has 1 atom stereocenters. The number of benzene rings is 1. The Balaban J connectivity index is 1.78. The summed E-state index contributed by atoms with van der Waals surface area (Å²) in [6, 6.07) is 10.6. The SMILES string of the molecule is CC1(c2ccccc2)CN(Cc2ncon2)CCCN1. The van der Waals surface area contributed by atoms with Crippen molar-refractivity contribution in [3.8, 4) is 0 Å². The molecule has 1 unspecified atom stereocenters. The fourth-order valence-electron chi connectivity index (χ4n) is 2.85. The van der Waals surface area contributed by atoms with Gasteiger partial charge in [0.2, 0.25) is 6.39 Å². The summed E-state index contributed by atoms with van der Waals surface area (Å²) < 4.78 is 4.82. The molecule has 1 aromatic heterocycles. The first kappa shape index (κ1) is 13.3. The largest absolute Gasteiger partial charge is 0.343 e. The number of hydrogen-bond donors (Lipinski definition) is 1. The van der Waals surface area contributed by atoms with Gasteiger partial charge in [-0.15, -0.1) is 0 Å². The number of hydrogen-bond acceptors (Lipinski definition) is 5. The van der Waals surface area contributed by atoms with Gasteiger partial charge in [0.05, 0.1) is 12.1 Å². The molecule has 106 valence electrons. The first-order chi connectivity index (χ1) is 9.76. The van der Waals surface area contributed by atoms with E-state index in [1.165, 1.54) is 12.0 Å². The van der Waals surface area contributed by atoms with Crippen molar-refractivity contribution in [2.24, 2.45) is 0 Å². The molecule has 3 rings (SSSR count). The molecule has 1 aromatic carbocycles. The summed E-state index contributed by atoms with van der Waals surface area (Å²) in [5.74, 6) is 0.752. The lowest BCUT2D eigenvalue weighted by molar-refractivity contribution is 0.207. The zero-order valence-corrected chi connectivity index (χ0v) is 11.7. The molecule has 0 saturated carbocycles. The van der Waals surface area contributed by atoms with Gasteiger partial charge in [-0.3, -0.25) is 4.90 Å². The molecule has 0 spiro atoms. The van der Waals surface area contributed by atoms with Gasteiger partial charge in [-0.05, 0) is 32.0 Å². The summed E-state index contributed by atoms with van der Waals surface area (Å²) in [4.78, 5) is 6.51. The van der Waals surface area contributed by atoms with E-state index in [4.69, 9.17) is 4.52 Å². The first-order valence-electron chi connectivity index (χ1n) is 7.04. The number of nitrogens with one attached hydrogen (secondary N) is 1. The predicted octanol–water partition coefficient (Wildman–Crippen LogP) is 1.78. The molecule has 0 amide bonds. The van der Waals surface area contributed by atoms with Gasteiger partial charge in [0.1, 0.15) is 0 Å². The molecule has 2 aromatic rings. The molecule has 1 aliphatic rings. The van der Waals surface area contributed by atoms with Crippen molar-refractivity contribution in [3.63, 3.8) is 0 Å². The minimum atomic E-state index is -0.0402. The Labute approximate surface area is 119 Å². The second kappa shape index (κ2) is 5.73. The van der Waals surface area contributed by atoms with Crippen molar-refractivity contribution in [1.29, 1.82) is 0 Å². The van der Waals surface area contributed by atoms with Gasteiger partial charge in [0.25, 0.3) is 0 Å². The van der Waals surface area contributed by atoms with Crippen LogP contribution in [0.3, 0.4) is 0 Å². The summed E-state index contributed by atoms with van der Waals surface area (Å²) >= 11 is 0. The minimum Gasteiger partial charge on any atom is -0.343 e. The normalized spacial score (nSPS) is 24.4. The van der Waals surface area contributed by atoms with E-state index in [2.05, 4.69) is 57.6 Å². The highest BCUT2D eigenvalue weighted by molar-refractivity contribution is 5.24. The molecule has 1 N–H and O–H groups in total. The van der Waals surface area contributed by atoms with Crippen LogP contribution < -0.4 is 5.32 Å². The second-order valence-corrected chi connectivity index (χ2v) is 5.54. The van der Waals surface area contributed by atoms with E-state index < -0.39 is 0 Å². The summed E-state index contributed by atoms with van der Waals surface area (Å²) in [6.45, 7) is 6.00. The number of rotatable bonds is 3. The van der Waals surface area contributed by atoms with Crippen LogP contribution in [0.4, 0.5) is 0 Å². The molecule has 5 nitrogen and oxygen atoms in total. The van der Waals surface area contributed by atoms with Crippen molar-refractivity contribution in [2.45, 2.75) is 25.4 Å². The molecule has 0 bridgehead atoms. The van der Waals surface area contributed by atoms with Crippen LogP contribution in [0.15, 0.2) is 41.2 Å². The second-order valence-electron chi connectivity index (χ2n) is 5.54. The molecular weight excluding hydrogens is 252 g/mol. The van der Waals surface area contributed by atoms with Crippen LogP contribution in [0.1, 0.15) is 24.7 Å². The maximum absolute atomic E-state index is 4.82. The highest BCUT2D eigenvalue weighted by Crippen LogP contribution is 2.24. The Morgan fingerprint density at radius 2 is 2.20 bits per heavy atom. The van der Waals surface area contributed by atoms with E-state index in [-0.39, 0.29) is 5.54 Å². The Morgan fingerprint density at radius 3 is 2.95 bits per heavy atom. The molecule has 2 heterocycles. The molecular formula is C15H20N4O. The number of nitrogens with zero attached hydrogens (tertiary/aromatic N) is 3. The van der Waals surface area contributed by atoms with Crippen LogP contribution in [0.5, 0.6) is 0 Å². The topological polar surface area (TPSA) is 54.2 Å². The van der Waals surface area contributed by atoms with E-state index in [0.717, 1.165) is 38.4 Å². The molecule has 0 aliphatic carbocycles. The van der Waals surface area contributed by atoms with Gasteiger partial charge < -0.3 is 9.84 Å². The van der Waals surface area contributed by atoms with E-state index in [1.54, 1.807) is 0 Å². The molecule has 1 saturated heterocycles. The fraction of sp³-hybridized carbons (Fsp3) is 0.467. The van der Waals surface area contributed by atoms with Crippen molar-refractivity contribution in [1.82, 2.24) is 20.4 Å². The Bertz CT molecular complexity index is 528. The maximum Gasteiger partial charge on any atom is 0.213 e. The van der Waals surface area contributed by atoms with Crippen molar-refractivity contribution < 1.29 is 4.52 Å². The average Bonchev–Trinajstić information content (AvgIpc) is 2.90. The van der Waals surface area contributed by atoms with Gasteiger partial charge in [0.15, 0.2) is 5.82 Å². The third kappa shape index (κ3) is 2.89. The summed E-state index contributed by atoms with van der Waals surface area (Å²) in [6.07, 6.45) is 2.52. The Morgan fingerprint density at radius 1 is 1.35 bits per heavy atom. The van der Waals surface area contributed by atoms with Crippen LogP contribution in [-0.2, 0) is 12.1 Å². The third-order valence-corrected chi connectivity index (χ3v) is 3.89. The van der Waals surface area contributed by atoms with Gasteiger partial charge in [-0.2, -0.15) is 4.98 Å². The molecule has 1 fully saturated rings. The Kier molecular flexibility index (Phi) is 3.80. The quantitative estimate of drug-likeness (QED) is 0.923. The molecule has 5 heteroatoms. The monoisotopic (exact) mass is 272 g/mol. The maximum atomic E-state index is 4.82. The van der Waals surface area contributed by atoms with Crippen molar-refractivity contribution in [3.05, 3.63) is 48.1 Å². The van der Waals surface area contributed by atoms with Gasteiger partial charge in [-0.1, -0.05) is 35.5 Å². The van der Waals surface area contributed by atoms with E-state index >= 15 is 0 Å². The van der Waals surface area contributed by atoms with Crippen LogP contribution in [0, 0.1) is 0 Å². The van der Waals surface area contributed by atoms with E-state index in [9.17, 15) is 0 Å². The number of aromatic nitrogens is 2. The minimum absolute atomic E-state index is 0.0402. The Hall–Kier alpha value is -1.72. The zero-order chi connectivity index (χ0) is 13.8. The van der Waals surface area contributed by atoms with Crippen molar-refractivity contribution in [2.75, 3.05) is 19.6 Å². The molecule has 1 aliphatic heterocycles. The smallest absolute Gasteiger partial charge is 0.213 e. The van der Waals surface area contributed by atoms with E-state index in [0.29, 0.717) is 0 Å². The third-order valence-electron chi connectivity index (χ3n) is 3.89. The average molecular weight is 272 g/mol. The van der Waals surface area contributed by atoms with Crippen LogP contribution >= 0.6 is 0 Å². The summed E-state index contributed by atoms with van der Waals surface area (Å²) in [5.41, 5.74) is 1.28. The summed E-state index contributed by atoms with van der Waals surface area (Å²) in [7, 11) is 0. The predicted molar refractivity (Wildman–Crippen MR) is 76.0 cm³/mol. The fourth-order valence-corrected chi connectivity index (χ4v) is 2.85. The first-order valence-corrected chi connectivity index (χ1v) is 7.04. The molecule has 0 radical (unpaired) electrons. The lowest BCUT2D eigenvalue weighted by atomic mass is 9.91. The van der Waals surface area contributed by atoms with Gasteiger partial charge in [0, 0.05) is 6.54 Å².